The summed E-state index contributed by atoms with van der Waals surface area (Å²) in [5.41, 5.74) is 0.398. The summed E-state index contributed by atoms with van der Waals surface area (Å²) in [5, 5.41) is 2.66. The van der Waals surface area contributed by atoms with Gasteiger partial charge < -0.3 is 10.2 Å². The van der Waals surface area contributed by atoms with Crippen LogP contribution in [0.3, 0.4) is 0 Å². The highest BCUT2D eigenvalue weighted by Gasteiger charge is 2.17. The fraction of sp³-hybridized carbons (Fsp3) is 0.429. The molecule has 5 heteroatoms. The van der Waals surface area contributed by atoms with Crippen LogP contribution in [-0.4, -0.2) is 36.3 Å². The summed E-state index contributed by atoms with van der Waals surface area (Å²) in [7, 11) is 0. The molecule has 1 N–H and O–H groups in total. The lowest BCUT2D eigenvalue weighted by Gasteiger charge is -2.15. The predicted molar refractivity (Wildman–Crippen MR) is 69.2 cm³/mol. The fourth-order valence-electron chi connectivity index (χ4n) is 2.11. The number of likely N-dealkylation sites (tertiary alicyclic amines) is 1. The van der Waals surface area contributed by atoms with Crippen molar-refractivity contribution >= 4 is 11.8 Å². The third-order valence-corrected chi connectivity index (χ3v) is 3.19. The molecule has 0 bridgehead atoms. The molecule has 0 radical (unpaired) electrons. The van der Waals surface area contributed by atoms with Gasteiger partial charge in [0.1, 0.15) is 5.82 Å². The smallest absolute Gasteiger partial charge is 0.251 e. The molecule has 0 spiro atoms. The van der Waals surface area contributed by atoms with Gasteiger partial charge in [-0.25, -0.2) is 4.39 Å². The Labute approximate surface area is 111 Å². The van der Waals surface area contributed by atoms with E-state index in [-0.39, 0.29) is 17.6 Å². The summed E-state index contributed by atoms with van der Waals surface area (Å²) in [6, 6.07) is 5.33. The molecular formula is C14H17FN2O2. The molecule has 1 saturated heterocycles. The van der Waals surface area contributed by atoms with E-state index < -0.39 is 0 Å². The summed E-state index contributed by atoms with van der Waals surface area (Å²) >= 11 is 0. The molecule has 0 atom stereocenters. The van der Waals surface area contributed by atoms with Crippen LogP contribution in [-0.2, 0) is 4.79 Å². The zero-order valence-corrected chi connectivity index (χ0v) is 10.7. The second-order valence-corrected chi connectivity index (χ2v) is 4.60. The highest BCUT2D eigenvalue weighted by molar-refractivity contribution is 5.94. The first kappa shape index (κ1) is 13.5. The average Bonchev–Trinajstić information content (AvgIpc) is 2.93. The van der Waals surface area contributed by atoms with Gasteiger partial charge in [0.05, 0.1) is 0 Å². The molecule has 1 aromatic rings. The van der Waals surface area contributed by atoms with Crippen molar-refractivity contribution < 1.29 is 14.0 Å². The fourth-order valence-corrected chi connectivity index (χ4v) is 2.11. The van der Waals surface area contributed by atoms with E-state index in [0.717, 1.165) is 25.9 Å². The highest BCUT2D eigenvalue weighted by atomic mass is 19.1. The van der Waals surface area contributed by atoms with Crippen molar-refractivity contribution in [2.45, 2.75) is 19.3 Å². The van der Waals surface area contributed by atoms with E-state index in [4.69, 9.17) is 0 Å². The molecule has 0 aliphatic carbocycles. The largest absolute Gasteiger partial charge is 0.352 e. The maximum atomic E-state index is 12.7. The molecule has 1 heterocycles. The van der Waals surface area contributed by atoms with Gasteiger partial charge in [-0.1, -0.05) is 0 Å². The molecule has 102 valence electrons. The van der Waals surface area contributed by atoms with Crippen molar-refractivity contribution in [3.05, 3.63) is 35.6 Å². The van der Waals surface area contributed by atoms with Crippen LogP contribution in [0.25, 0.3) is 0 Å². The Hall–Kier alpha value is -1.91. The quantitative estimate of drug-likeness (QED) is 0.897. The lowest BCUT2D eigenvalue weighted by atomic mass is 10.2. The SMILES string of the molecule is O=C(NCCC(=O)N1CCCC1)c1ccc(F)cc1. The van der Waals surface area contributed by atoms with Gasteiger partial charge in [-0.15, -0.1) is 0 Å². The van der Waals surface area contributed by atoms with Gasteiger partial charge in [-0.2, -0.15) is 0 Å². The van der Waals surface area contributed by atoms with Gasteiger partial charge in [0.25, 0.3) is 5.91 Å². The van der Waals surface area contributed by atoms with E-state index in [2.05, 4.69) is 5.32 Å². The molecule has 1 aliphatic heterocycles. The van der Waals surface area contributed by atoms with E-state index in [1.165, 1.54) is 24.3 Å². The van der Waals surface area contributed by atoms with E-state index in [0.29, 0.717) is 18.5 Å². The minimum absolute atomic E-state index is 0.0805. The maximum Gasteiger partial charge on any atom is 0.251 e. The van der Waals surface area contributed by atoms with Crippen LogP contribution in [0.4, 0.5) is 4.39 Å². The first-order valence-corrected chi connectivity index (χ1v) is 6.48. The monoisotopic (exact) mass is 264 g/mol. The number of amides is 2. The number of rotatable bonds is 4. The third kappa shape index (κ3) is 3.77. The Morgan fingerprint density at radius 3 is 2.42 bits per heavy atom. The van der Waals surface area contributed by atoms with Crippen molar-refractivity contribution in [3.63, 3.8) is 0 Å². The second-order valence-electron chi connectivity index (χ2n) is 4.60. The lowest BCUT2D eigenvalue weighted by molar-refractivity contribution is -0.129. The summed E-state index contributed by atoms with van der Waals surface area (Å²) in [6.07, 6.45) is 2.44. The zero-order valence-electron chi connectivity index (χ0n) is 10.7. The molecule has 0 unspecified atom stereocenters. The van der Waals surface area contributed by atoms with E-state index in [1.54, 1.807) is 0 Å². The van der Waals surface area contributed by atoms with Crippen LogP contribution in [0.15, 0.2) is 24.3 Å². The Balaban J connectivity index is 1.74. The van der Waals surface area contributed by atoms with Crippen LogP contribution in [0.5, 0.6) is 0 Å². The van der Waals surface area contributed by atoms with Crippen LogP contribution < -0.4 is 5.32 Å². The van der Waals surface area contributed by atoms with Gasteiger partial charge in [-0.05, 0) is 37.1 Å². The van der Waals surface area contributed by atoms with Crippen molar-refractivity contribution in [1.29, 1.82) is 0 Å². The second kappa shape index (κ2) is 6.31. The molecule has 0 aromatic heterocycles. The van der Waals surface area contributed by atoms with Gasteiger partial charge in [0.15, 0.2) is 0 Å². The Morgan fingerprint density at radius 2 is 1.79 bits per heavy atom. The average molecular weight is 264 g/mol. The highest BCUT2D eigenvalue weighted by Crippen LogP contribution is 2.08. The minimum Gasteiger partial charge on any atom is -0.352 e. The van der Waals surface area contributed by atoms with Crippen molar-refractivity contribution in [2.24, 2.45) is 0 Å². The molecule has 0 saturated carbocycles. The molecule has 4 nitrogen and oxygen atoms in total. The maximum absolute atomic E-state index is 12.7. The minimum atomic E-state index is -0.374. The van der Waals surface area contributed by atoms with E-state index >= 15 is 0 Å². The number of hydrogen-bond acceptors (Lipinski definition) is 2. The standard InChI is InChI=1S/C14H17FN2O2/c15-12-5-3-11(4-6-12)14(19)16-8-7-13(18)17-9-1-2-10-17/h3-6H,1-2,7-10H2,(H,16,19). The van der Waals surface area contributed by atoms with Crippen LogP contribution in [0.2, 0.25) is 0 Å². The Morgan fingerprint density at radius 1 is 1.16 bits per heavy atom. The number of carbonyl (C=O) groups is 2. The molecule has 19 heavy (non-hydrogen) atoms. The van der Waals surface area contributed by atoms with E-state index in [9.17, 15) is 14.0 Å². The lowest BCUT2D eigenvalue weighted by Crippen LogP contribution is -2.32. The van der Waals surface area contributed by atoms with Gasteiger partial charge in [0, 0.05) is 31.6 Å². The number of halogens is 1. The van der Waals surface area contributed by atoms with Crippen LogP contribution in [0, 0.1) is 5.82 Å². The number of carbonyl (C=O) groups excluding carboxylic acids is 2. The molecule has 1 aromatic carbocycles. The van der Waals surface area contributed by atoms with Gasteiger partial charge in [0.2, 0.25) is 5.91 Å². The number of nitrogens with zero attached hydrogens (tertiary/aromatic N) is 1. The van der Waals surface area contributed by atoms with Crippen molar-refractivity contribution in [1.82, 2.24) is 10.2 Å². The number of hydrogen-bond donors (Lipinski definition) is 1. The first-order valence-electron chi connectivity index (χ1n) is 6.48. The summed E-state index contributed by atoms with van der Waals surface area (Å²) in [6.45, 7) is 1.96. The van der Waals surface area contributed by atoms with Gasteiger partial charge >= 0.3 is 0 Å². The molecule has 1 fully saturated rings. The Bertz CT molecular complexity index is 453. The summed E-state index contributed by atoms with van der Waals surface area (Å²) < 4.78 is 12.7. The molecule has 2 rings (SSSR count). The van der Waals surface area contributed by atoms with Crippen molar-refractivity contribution in [3.8, 4) is 0 Å². The normalized spacial score (nSPS) is 14.5. The zero-order chi connectivity index (χ0) is 13.7. The van der Waals surface area contributed by atoms with Crippen molar-refractivity contribution in [2.75, 3.05) is 19.6 Å². The number of nitrogens with one attached hydrogen (secondary N) is 1. The summed E-state index contributed by atoms with van der Waals surface area (Å²) in [4.78, 5) is 25.3. The first-order chi connectivity index (χ1) is 9.16. The van der Waals surface area contributed by atoms with Crippen LogP contribution in [0.1, 0.15) is 29.6 Å². The molecule has 1 aliphatic rings. The van der Waals surface area contributed by atoms with Gasteiger partial charge in [-0.3, -0.25) is 9.59 Å². The van der Waals surface area contributed by atoms with Crippen LogP contribution >= 0.6 is 0 Å². The number of benzene rings is 1. The molecular weight excluding hydrogens is 247 g/mol. The predicted octanol–water partition coefficient (Wildman–Crippen LogP) is 1.57. The van der Waals surface area contributed by atoms with E-state index in [1.807, 2.05) is 4.90 Å². The third-order valence-electron chi connectivity index (χ3n) is 3.19. The molecule has 2 amide bonds. The summed E-state index contributed by atoms with van der Waals surface area (Å²) in [5.74, 6) is -0.577. The Kier molecular flexibility index (Phi) is 4.49. The topological polar surface area (TPSA) is 49.4 Å².